The Hall–Kier alpha value is -1.35. The van der Waals surface area contributed by atoms with E-state index < -0.39 is 0 Å². The zero-order valence-electron chi connectivity index (χ0n) is 12.1. The molecule has 1 aromatic rings. The number of pyridine rings is 1. The minimum absolute atomic E-state index is 0.403. The Kier molecular flexibility index (Phi) is 8.06. The van der Waals surface area contributed by atoms with Crippen LogP contribution in [-0.2, 0) is 6.54 Å². The number of rotatable bonds is 9. The predicted octanol–water partition coefficient (Wildman–Crippen LogP) is 5.06. The zero-order valence-corrected chi connectivity index (χ0v) is 13.6. The minimum atomic E-state index is 0.403. The van der Waals surface area contributed by atoms with Gasteiger partial charge in [0, 0.05) is 25.2 Å². The Morgan fingerprint density at radius 2 is 2.05 bits per heavy atom. The van der Waals surface area contributed by atoms with E-state index in [1.54, 1.807) is 12.1 Å². The van der Waals surface area contributed by atoms with Crippen LogP contribution in [-0.4, -0.2) is 23.0 Å². The highest BCUT2D eigenvalue weighted by Gasteiger charge is 2.10. The molecule has 0 aromatic carbocycles. The molecule has 0 bridgehead atoms. The summed E-state index contributed by atoms with van der Waals surface area (Å²) in [5.41, 5.74) is 1.96. The lowest BCUT2D eigenvalue weighted by molar-refractivity contribution is 0.296. The van der Waals surface area contributed by atoms with E-state index in [-0.39, 0.29) is 0 Å². The van der Waals surface area contributed by atoms with Crippen molar-refractivity contribution >= 4 is 23.2 Å². The van der Waals surface area contributed by atoms with E-state index >= 15 is 0 Å². The van der Waals surface area contributed by atoms with Gasteiger partial charge < -0.3 is 0 Å². The SMILES string of the molecule is C=C/C=C\C(=C)CN(CCC=C)Cc1ccc(Cl)nc1Cl. The molecule has 0 atom stereocenters. The molecular formula is C17H20Cl2N2. The van der Waals surface area contributed by atoms with E-state index in [0.29, 0.717) is 16.9 Å². The largest absolute Gasteiger partial charge is 0.294 e. The maximum Gasteiger partial charge on any atom is 0.135 e. The number of nitrogens with zero attached hydrogens (tertiary/aromatic N) is 2. The molecule has 1 aromatic heterocycles. The van der Waals surface area contributed by atoms with Crippen LogP contribution < -0.4 is 0 Å². The van der Waals surface area contributed by atoms with E-state index in [9.17, 15) is 0 Å². The molecule has 0 aliphatic heterocycles. The summed E-state index contributed by atoms with van der Waals surface area (Å²) in [5, 5.41) is 0.845. The van der Waals surface area contributed by atoms with Crippen molar-refractivity contribution in [3.05, 3.63) is 77.6 Å². The van der Waals surface area contributed by atoms with Crippen LogP contribution in [0.5, 0.6) is 0 Å². The lowest BCUT2D eigenvalue weighted by Gasteiger charge is -2.22. The second kappa shape index (κ2) is 9.56. The number of hydrogen-bond donors (Lipinski definition) is 0. The first-order chi connectivity index (χ1) is 10.1. The first-order valence-electron chi connectivity index (χ1n) is 6.68. The molecule has 0 saturated carbocycles. The molecule has 0 fully saturated rings. The average Bonchev–Trinajstić information content (AvgIpc) is 2.45. The van der Waals surface area contributed by atoms with Crippen LogP contribution in [0.15, 0.2) is 61.7 Å². The highest BCUT2D eigenvalue weighted by atomic mass is 35.5. The fraction of sp³-hybridized carbons (Fsp3) is 0.235. The number of halogens is 2. The van der Waals surface area contributed by atoms with Gasteiger partial charge in [-0.3, -0.25) is 4.90 Å². The molecule has 4 heteroatoms. The fourth-order valence-corrected chi connectivity index (χ4v) is 2.24. The van der Waals surface area contributed by atoms with Crippen molar-refractivity contribution in [3.63, 3.8) is 0 Å². The molecule has 0 N–H and O–H groups in total. The van der Waals surface area contributed by atoms with E-state index in [1.807, 2.05) is 24.3 Å². The third kappa shape index (κ3) is 6.76. The zero-order chi connectivity index (χ0) is 15.7. The molecule has 1 rings (SSSR count). The summed E-state index contributed by atoms with van der Waals surface area (Å²) >= 11 is 12.0. The second-order valence-corrected chi connectivity index (χ2v) is 5.37. The first-order valence-corrected chi connectivity index (χ1v) is 7.43. The molecule has 0 aliphatic carbocycles. The van der Waals surface area contributed by atoms with Gasteiger partial charge in [0.1, 0.15) is 10.3 Å². The van der Waals surface area contributed by atoms with Crippen LogP contribution in [0.4, 0.5) is 0 Å². The van der Waals surface area contributed by atoms with Gasteiger partial charge in [-0.2, -0.15) is 0 Å². The topological polar surface area (TPSA) is 16.1 Å². The van der Waals surface area contributed by atoms with Crippen molar-refractivity contribution in [2.24, 2.45) is 0 Å². The molecular weight excluding hydrogens is 303 g/mol. The molecule has 0 saturated heterocycles. The third-order valence-electron chi connectivity index (χ3n) is 2.83. The molecule has 2 nitrogen and oxygen atoms in total. The number of aromatic nitrogens is 1. The van der Waals surface area contributed by atoms with Crippen molar-refractivity contribution in [1.29, 1.82) is 0 Å². The average molecular weight is 323 g/mol. The summed E-state index contributed by atoms with van der Waals surface area (Å²) < 4.78 is 0. The lowest BCUT2D eigenvalue weighted by atomic mass is 10.2. The molecule has 112 valence electrons. The Morgan fingerprint density at radius 3 is 2.67 bits per heavy atom. The molecule has 0 unspecified atom stereocenters. The van der Waals surface area contributed by atoms with Crippen LogP contribution in [0.3, 0.4) is 0 Å². The van der Waals surface area contributed by atoms with Gasteiger partial charge in [-0.25, -0.2) is 4.98 Å². The van der Waals surface area contributed by atoms with Gasteiger partial charge in [0.05, 0.1) is 0 Å². The van der Waals surface area contributed by atoms with Gasteiger partial charge >= 0.3 is 0 Å². The highest BCUT2D eigenvalue weighted by molar-refractivity contribution is 6.32. The molecule has 0 aliphatic rings. The van der Waals surface area contributed by atoms with Crippen LogP contribution in [0, 0.1) is 0 Å². The van der Waals surface area contributed by atoms with E-state index in [2.05, 4.69) is 29.6 Å². The molecule has 0 spiro atoms. The van der Waals surface area contributed by atoms with Gasteiger partial charge in [-0.15, -0.1) is 6.58 Å². The van der Waals surface area contributed by atoms with Gasteiger partial charge in [0.25, 0.3) is 0 Å². The predicted molar refractivity (Wildman–Crippen MR) is 92.8 cm³/mol. The summed E-state index contributed by atoms with van der Waals surface area (Å²) in [5.74, 6) is 0. The maximum atomic E-state index is 6.14. The van der Waals surface area contributed by atoms with Gasteiger partial charge in [-0.05, 0) is 18.1 Å². The standard InChI is InChI=1S/C17H20Cl2N2/c1-4-6-8-14(3)12-21(11-7-5-2)13-15-9-10-16(18)20-17(15)19/h4-6,8-10H,1-3,7,11-13H2/b8-6-. The van der Waals surface area contributed by atoms with Crippen molar-refractivity contribution < 1.29 is 0 Å². The monoisotopic (exact) mass is 322 g/mol. The van der Waals surface area contributed by atoms with Crippen molar-refractivity contribution in [2.45, 2.75) is 13.0 Å². The van der Waals surface area contributed by atoms with Crippen LogP contribution in [0.2, 0.25) is 10.3 Å². The summed E-state index contributed by atoms with van der Waals surface area (Å²) in [4.78, 5) is 6.31. The summed E-state index contributed by atoms with van der Waals surface area (Å²) in [6.07, 6.45) is 8.37. The minimum Gasteiger partial charge on any atom is -0.294 e. The van der Waals surface area contributed by atoms with Crippen molar-refractivity contribution in [3.8, 4) is 0 Å². The normalized spacial score (nSPS) is 11.0. The number of allylic oxidation sites excluding steroid dienone is 2. The van der Waals surface area contributed by atoms with Crippen LogP contribution >= 0.6 is 23.2 Å². The Bertz CT molecular complexity index is 536. The summed E-state index contributed by atoms with van der Waals surface area (Å²) in [7, 11) is 0. The van der Waals surface area contributed by atoms with Crippen molar-refractivity contribution in [1.82, 2.24) is 9.88 Å². The quantitative estimate of drug-likeness (QED) is 0.358. The van der Waals surface area contributed by atoms with Crippen LogP contribution in [0.25, 0.3) is 0 Å². The van der Waals surface area contributed by atoms with Gasteiger partial charge in [-0.1, -0.05) is 66.7 Å². The fourth-order valence-electron chi connectivity index (χ4n) is 1.83. The molecule has 1 heterocycles. The van der Waals surface area contributed by atoms with E-state index in [0.717, 1.165) is 30.6 Å². The van der Waals surface area contributed by atoms with Gasteiger partial charge in [0.15, 0.2) is 0 Å². The summed E-state index contributed by atoms with van der Waals surface area (Å²) in [6, 6.07) is 3.65. The summed E-state index contributed by atoms with van der Waals surface area (Å²) in [6.45, 7) is 13.8. The molecule has 0 radical (unpaired) electrons. The second-order valence-electron chi connectivity index (χ2n) is 4.62. The van der Waals surface area contributed by atoms with Gasteiger partial charge in [0.2, 0.25) is 0 Å². The Morgan fingerprint density at radius 1 is 1.29 bits per heavy atom. The smallest absolute Gasteiger partial charge is 0.135 e. The Balaban J connectivity index is 2.76. The maximum absolute atomic E-state index is 6.14. The lowest BCUT2D eigenvalue weighted by Crippen LogP contribution is -2.26. The van der Waals surface area contributed by atoms with Crippen molar-refractivity contribution in [2.75, 3.05) is 13.1 Å². The van der Waals surface area contributed by atoms with E-state index in [1.165, 1.54) is 0 Å². The Labute approximate surface area is 137 Å². The first kappa shape index (κ1) is 17.7. The van der Waals surface area contributed by atoms with Crippen LogP contribution in [0.1, 0.15) is 12.0 Å². The highest BCUT2D eigenvalue weighted by Crippen LogP contribution is 2.19. The van der Waals surface area contributed by atoms with E-state index in [4.69, 9.17) is 23.2 Å². The molecule has 0 amide bonds. The molecule has 21 heavy (non-hydrogen) atoms. The number of hydrogen-bond acceptors (Lipinski definition) is 2. The third-order valence-corrected chi connectivity index (χ3v) is 3.37.